The predicted molar refractivity (Wildman–Crippen MR) is 98.4 cm³/mol. The summed E-state index contributed by atoms with van der Waals surface area (Å²) >= 11 is 0. The van der Waals surface area contributed by atoms with Crippen LogP contribution < -0.4 is 4.74 Å². The second-order valence-corrected chi connectivity index (χ2v) is 5.81. The summed E-state index contributed by atoms with van der Waals surface area (Å²) in [7, 11) is 1.68. The van der Waals surface area contributed by atoms with Gasteiger partial charge in [-0.3, -0.25) is 0 Å². The molecule has 1 heterocycles. The zero-order valence-electron chi connectivity index (χ0n) is 14.6. The highest BCUT2D eigenvalue weighted by molar-refractivity contribution is 5.97. The standard InChI is InChI=1S/C21H18N2O3/c1-3-18-17(13-22)19(20(21(24)25)23(18)2)14-9-11-16(12-10-14)26-15-7-5-4-6-8-15/h4-12H,3H2,1-2H3,(H,24,25). The summed E-state index contributed by atoms with van der Waals surface area (Å²) < 4.78 is 7.35. The molecule has 0 atom stereocenters. The zero-order chi connectivity index (χ0) is 18.7. The van der Waals surface area contributed by atoms with Crippen LogP contribution in [0.1, 0.15) is 28.7 Å². The third-order valence-electron chi connectivity index (χ3n) is 4.29. The van der Waals surface area contributed by atoms with Crippen molar-refractivity contribution in [3.05, 3.63) is 71.5 Å². The molecule has 0 aliphatic heterocycles. The summed E-state index contributed by atoms with van der Waals surface area (Å²) in [6.45, 7) is 1.91. The molecule has 0 saturated carbocycles. The van der Waals surface area contributed by atoms with Crippen molar-refractivity contribution >= 4 is 5.97 Å². The van der Waals surface area contributed by atoms with Crippen LogP contribution in [0.25, 0.3) is 11.1 Å². The first-order chi connectivity index (χ1) is 12.6. The SMILES string of the molecule is CCc1c(C#N)c(-c2ccc(Oc3ccccc3)cc2)c(C(=O)O)n1C. The molecule has 1 N–H and O–H groups in total. The second-order valence-electron chi connectivity index (χ2n) is 5.81. The fourth-order valence-corrected chi connectivity index (χ4v) is 3.11. The van der Waals surface area contributed by atoms with Crippen molar-refractivity contribution in [2.75, 3.05) is 0 Å². The van der Waals surface area contributed by atoms with Crippen molar-refractivity contribution in [2.45, 2.75) is 13.3 Å². The first-order valence-electron chi connectivity index (χ1n) is 8.25. The van der Waals surface area contributed by atoms with E-state index in [-0.39, 0.29) is 5.69 Å². The number of nitriles is 1. The van der Waals surface area contributed by atoms with Crippen LogP contribution >= 0.6 is 0 Å². The fraction of sp³-hybridized carbons (Fsp3) is 0.143. The van der Waals surface area contributed by atoms with E-state index in [2.05, 4.69) is 6.07 Å². The van der Waals surface area contributed by atoms with Crippen molar-refractivity contribution in [2.24, 2.45) is 7.05 Å². The molecule has 3 rings (SSSR count). The minimum atomic E-state index is -1.05. The molecule has 0 amide bonds. The number of aromatic carboxylic acids is 1. The molecule has 0 radical (unpaired) electrons. The first-order valence-corrected chi connectivity index (χ1v) is 8.25. The van der Waals surface area contributed by atoms with E-state index < -0.39 is 5.97 Å². The highest BCUT2D eigenvalue weighted by atomic mass is 16.5. The van der Waals surface area contributed by atoms with E-state index in [1.54, 1.807) is 35.9 Å². The van der Waals surface area contributed by atoms with Crippen LogP contribution in [0.2, 0.25) is 0 Å². The number of nitrogens with zero attached hydrogens (tertiary/aromatic N) is 2. The molecule has 5 heteroatoms. The van der Waals surface area contributed by atoms with Crippen LogP contribution in [0.3, 0.4) is 0 Å². The molecule has 0 saturated heterocycles. The van der Waals surface area contributed by atoms with E-state index in [9.17, 15) is 15.2 Å². The summed E-state index contributed by atoms with van der Waals surface area (Å²) in [6.07, 6.45) is 0.578. The van der Waals surface area contributed by atoms with Gasteiger partial charge in [0.15, 0.2) is 0 Å². The molecule has 0 spiro atoms. The molecule has 0 aliphatic carbocycles. The normalized spacial score (nSPS) is 10.3. The minimum absolute atomic E-state index is 0.120. The van der Waals surface area contributed by atoms with Crippen LogP contribution in [0.15, 0.2) is 54.6 Å². The Morgan fingerprint density at radius 3 is 2.27 bits per heavy atom. The number of hydrogen-bond donors (Lipinski definition) is 1. The van der Waals surface area contributed by atoms with Gasteiger partial charge >= 0.3 is 5.97 Å². The Kier molecular flexibility index (Phi) is 4.76. The maximum Gasteiger partial charge on any atom is 0.353 e. The van der Waals surface area contributed by atoms with E-state index in [4.69, 9.17) is 4.74 Å². The first kappa shape index (κ1) is 17.3. The zero-order valence-corrected chi connectivity index (χ0v) is 14.6. The van der Waals surface area contributed by atoms with Gasteiger partial charge in [-0.05, 0) is 36.2 Å². The number of benzene rings is 2. The summed E-state index contributed by atoms with van der Waals surface area (Å²) in [6, 6.07) is 18.7. The lowest BCUT2D eigenvalue weighted by Crippen LogP contribution is -2.07. The predicted octanol–water partition coefficient (Wildman–Crippen LogP) is 4.62. The van der Waals surface area contributed by atoms with E-state index in [1.165, 1.54) is 0 Å². The molecule has 2 aromatic carbocycles. The Hall–Kier alpha value is -3.52. The molecule has 3 aromatic rings. The monoisotopic (exact) mass is 346 g/mol. The van der Waals surface area contributed by atoms with Crippen LogP contribution in [0.5, 0.6) is 11.5 Å². The molecule has 1 aromatic heterocycles. The van der Waals surface area contributed by atoms with Gasteiger partial charge in [-0.1, -0.05) is 37.3 Å². The fourth-order valence-electron chi connectivity index (χ4n) is 3.11. The lowest BCUT2D eigenvalue weighted by Gasteiger charge is -2.07. The number of para-hydroxylation sites is 1. The van der Waals surface area contributed by atoms with E-state index in [1.807, 2.05) is 37.3 Å². The maximum atomic E-state index is 11.8. The highest BCUT2D eigenvalue weighted by Gasteiger charge is 2.25. The number of hydrogen-bond acceptors (Lipinski definition) is 3. The molecule has 0 unspecified atom stereocenters. The minimum Gasteiger partial charge on any atom is -0.477 e. The average molecular weight is 346 g/mol. The van der Waals surface area contributed by atoms with Gasteiger partial charge in [-0.15, -0.1) is 0 Å². The largest absolute Gasteiger partial charge is 0.477 e. The third-order valence-corrected chi connectivity index (χ3v) is 4.29. The van der Waals surface area contributed by atoms with Gasteiger partial charge in [-0.25, -0.2) is 4.79 Å². The topological polar surface area (TPSA) is 75.2 Å². The summed E-state index contributed by atoms with van der Waals surface area (Å²) in [5.41, 5.74) is 2.36. The Bertz CT molecular complexity index is 981. The van der Waals surface area contributed by atoms with Gasteiger partial charge in [0.2, 0.25) is 0 Å². The quantitative estimate of drug-likeness (QED) is 0.731. The van der Waals surface area contributed by atoms with E-state index >= 15 is 0 Å². The van der Waals surface area contributed by atoms with Gasteiger partial charge < -0.3 is 14.4 Å². The van der Waals surface area contributed by atoms with Crippen molar-refractivity contribution in [1.82, 2.24) is 4.57 Å². The van der Waals surface area contributed by atoms with Crippen molar-refractivity contribution in [3.63, 3.8) is 0 Å². The number of ether oxygens (including phenoxy) is 1. The third kappa shape index (κ3) is 3.05. The highest BCUT2D eigenvalue weighted by Crippen LogP contribution is 2.34. The van der Waals surface area contributed by atoms with Crippen molar-refractivity contribution in [3.8, 4) is 28.7 Å². The van der Waals surface area contributed by atoms with Gasteiger partial charge in [0.05, 0.1) is 5.56 Å². The second kappa shape index (κ2) is 7.16. The lowest BCUT2D eigenvalue weighted by molar-refractivity contribution is 0.0687. The Balaban J connectivity index is 2.04. The molecule has 5 nitrogen and oxygen atoms in total. The van der Waals surface area contributed by atoms with E-state index in [0.29, 0.717) is 34.6 Å². The molecular weight excluding hydrogens is 328 g/mol. The number of rotatable bonds is 5. The van der Waals surface area contributed by atoms with Crippen molar-refractivity contribution < 1.29 is 14.6 Å². The summed E-state index contributed by atoms with van der Waals surface area (Å²) in [4.78, 5) is 11.8. The van der Waals surface area contributed by atoms with E-state index in [0.717, 1.165) is 5.75 Å². The van der Waals surface area contributed by atoms with Gasteiger partial charge in [0.1, 0.15) is 23.3 Å². The van der Waals surface area contributed by atoms with Crippen LogP contribution in [-0.2, 0) is 13.5 Å². The van der Waals surface area contributed by atoms with Crippen LogP contribution in [-0.4, -0.2) is 15.6 Å². The maximum absolute atomic E-state index is 11.8. The number of aromatic nitrogens is 1. The molecule has 0 aliphatic rings. The number of carboxylic acids is 1. The molecular formula is C21H18N2O3. The summed E-state index contributed by atoms with van der Waals surface area (Å²) in [5, 5.41) is 19.2. The number of carbonyl (C=O) groups is 1. The molecule has 0 fully saturated rings. The smallest absolute Gasteiger partial charge is 0.353 e. The van der Waals surface area contributed by atoms with Gasteiger partial charge in [0.25, 0.3) is 0 Å². The lowest BCUT2D eigenvalue weighted by atomic mass is 10.00. The van der Waals surface area contributed by atoms with Gasteiger partial charge in [0, 0.05) is 18.3 Å². The molecule has 130 valence electrons. The Morgan fingerprint density at radius 2 is 1.73 bits per heavy atom. The van der Waals surface area contributed by atoms with Crippen LogP contribution in [0, 0.1) is 11.3 Å². The average Bonchev–Trinajstić information content (AvgIpc) is 2.94. The number of carboxylic acid groups (broad SMARTS) is 1. The van der Waals surface area contributed by atoms with Crippen molar-refractivity contribution in [1.29, 1.82) is 5.26 Å². The Labute approximate surface area is 151 Å². The molecule has 26 heavy (non-hydrogen) atoms. The van der Waals surface area contributed by atoms with Gasteiger partial charge in [-0.2, -0.15) is 5.26 Å². The molecule has 0 bridgehead atoms. The summed E-state index contributed by atoms with van der Waals surface area (Å²) in [5.74, 6) is 0.308. The Morgan fingerprint density at radius 1 is 1.12 bits per heavy atom. The van der Waals surface area contributed by atoms with Crippen LogP contribution in [0.4, 0.5) is 0 Å².